The summed E-state index contributed by atoms with van der Waals surface area (Å²) in [4.78, 5) is 6.80. The Kier molecular flexibility index (Phi) is 4.99. The lowest BCUT2D eigenvalue weighted by atomic mass is 9.99. The number of benzene rings is 2. The summed E-state index contributed by atoms with van der Waals surface area (Å²) < 4.78 is 30.9. The molecule has 2 aliphatic heterocycles. The lowest BCUT2D eigenvalue weighted by molar-refractivity contribution is -0.0461. The maximum absolute atomic E-state index is 12.8. The highest BCUT2D eigenvalue weighted by Crippen LogP contribution is 2.34. The van der Waals surface area contributed by atoms with Crippen molar-refractivity contribution in [1.82, 2.24) is 4.98 Å². The van der Waals surface area contributed by atoms with Crippen molar-refractivity contribution in [3.05, 3.63) is 53.6 Å². The number of rotatable bonds is 4. The van der Waals surface area contributed by atoms with Crippen LogP contribution in [0, 0.1) is 6.92 Å². The number of fused-ring (bicyclic) bond motifs is 2. The number of nitrogens with two attached hydrogens (primary N) is 1. The van der Waals surface area contributed by atoms with Crippen LogP contribution >= 0.6 is 0 Å². The van der Waals surface area contributed by atoms with Crippen LogP contribution in [-0.4, -0.2) is 56.1 Å². The lowest BCUT2D eigenvalue weighted by Crippen LogP contribution is -2.61. The standard InChI is InChI=1S/C23H26N4O4S/c1-15-5-6-18-17(9-15)19(25-12-23(24)13-31-14-23)10-21(26-18)27-7-8-32(29,30)22-16(11-27)3-2-4-20(22)28/h2-6,9-10,28H,7-8,11-14,24H2,1H3,(H,25,26). The van der Waals surface area contributed by atoms with Gasteiger partial charge in [0, 0.05) is 36.8 Å². The molecule has 0 radical (unpaired) electrons. The van der Waals surface area contributed by atoms with Crippen LogP contribution in [0.4, 0.5) is 11.5 Å². The van der Waals surface area contributed by atoms with E-state index in [4.69, 9.17) is 15.5 Å². The van der Waals surface area contributed by atoms with Crippen molar-refractivity contribution in [2.75, 3.05) is 42.3 Å². The number of aromatic hydroxyl groups is 1. The van der Waals surface area contributed by atoms with Gasteiger partial charge >= 0.3 is 0 Å². The normalized spacial score (nSPS) is 19.1. The summed E-state index contributed by atoms with van der Waals surface area (Å²) in [5, 5.41) is 14.7. The van der Waals surface area contributed by atoms with Gasteiger partial charge in [0.2, 0.25) is 0 Å². The number of pyridine rings is 1. The fourth-order valence-electron chi connectivity index (χ4n) is 4.24. The molecule has 0 spiro atoms. The molecular weight excluding hydrogens is 428 g/mol. The van der Waals surface area contributed by atoms with Gasteiger partial charge in [0.1, 0.15) is 16.5 Å². The van der Waals surface area contributed by atoms with Crippen molar-refractivity contribution in [3.63, 3.8) is 0 Å². The highest BCUT2D eigenvalue weighted by Gasteiger charge is 2.34. The van der Waals surface area contributed by atoms with Crippen molar-refractivity contribution in [1.29, 1.82) is 0 Å². The summed E-state index contributed by atoms with van der Waals surface area (Å²) >= 11 is 0. The predicted molar refractivity (Wildman–Crippen MR) is 124 cm³/mol. The first kappa shape index (κ1) is 21.0. The SMILES string of the molecule is Cc1ccc2nc(N3CCS(=O)(=O)c4c(O)cccc4C3)cc(NCC3(N)COC3)c2c1. The van der Waals surface area contributed by atoms with E-state index in [0.29, 0.717) is 37.7 Å². The van der Waals surface area contributed by atoms with Gasteiger partial charge in [-0.05, 0) is 30.7 Å². The van der Waals surface area contributed by atoms with Crippen LogP contribution in [0.15, 0.2) is 47.4 Å². The minimum Gasteiger partial charge on any atom is -0.507 e. The van der Waals surface area contributed by atoms with Crippen LogP contribution in [0.2, 0.25) is 0 Å². The van der Waals surface area contributed by atoms with E-state index >= 15 is 0 Å². The Balaban J connectivity index is 1.56. The second-order valence-electron chi connectivity index (χ2n) is 8.76. The monoisotopic (exact) mass is 454 g/mol. The summed E-state index contributed by atoms with van der Waals surface area (Å²) in [5.74, 6) is 0.368. The number of aromatic nitrogens is 1. The molecular formula is C23H26N4O4S. The van der Waals surface area contributed by atoms with Gasteiger partial charge in [-0.3, -0.25) is 0 Å². The van der Waals surface area contributed by atoms with E-state index in [2.05, 4.69) is 11.4 Å². The van der Waals surface area contributed by atoms with Gasteiger partial charge in [-0.1, -0.05) is 23.8 Å². The second-order valence-corrected chi connectivity index (χ2v) is 10.8. The zero-order valence-corrected chi connectivity index (χ0v) is 18.7. The fourth-order valence-corrected chi connectivity index (χ4v) is 5.82. The molecule has 2 aliphatic rings. The van der Waals surface area contributed by atoms with Crippen LogP contribution < -0.4 is 16.0 Å². The molecule has 0 atom stereocenters. The molecule has 4 N–H and O–H groups in total. The van der Waals surface area contributed by atoms with Gasteiger partial charge in [0.15, 0.2) is 9.84 Å². The van der Waals surface area contributed by atoms with Crippen molar-refractivity contribution in [2.45, 2.75) is 23.9 Å². The molecule has 9 heteroatoms. The van der Waals surface area contributed by atoms with E-state index in [9.17, 15) is 13.5 Å². The summed E-state index contributed by atoms with van der Waals surface area (Å²) in [7, 11) is -3.60. The van der Waals surface area contributed by atoms with Crippen LogP contribution in [-0.2, 0) is 21.1 Å². The fraction of sp³-hybridized carbons (Fsp3) is 0.348. The number of phenols is 1. The van der Waals surface area contributed by atoms with Crippen molar-refractivity contribution in [2.24, 2.45) is 5.73 Å². The number of aryl methyl sites for hydroxylation is 1. The molecule has 0 unspecified atom stereocenters. The number of anilines is 2. The maximum atomic E-state index is 12.8. The van der Waals surface area contributed by atoms with Crippen LogP contribution in [0.1, 0.15) is 11.1 Å². The van der Waals surface area contributed by atoms with Crippen LogP contribution in [0.5, 0.6) is 5.75 Å². The number of phenolic OH excluding ortho intramolecular Hbond substituents is 1. The maximum Gasteiger partial charge on any atom is 0.184 e. The highest BCUT2D eigenvalue weighted by atomic mass is 32.2. The number of ether oxygens (including phenoxy) is 1. The molecule has 5 rings (SSSR count). The first-order chi connectivity index (χ1) is 15.2. The molecule has 0 saturated carbocycles. The Morgan fingerprint density at radius 1 is 1.25 bits per heavy atom. The summed E-state index contributed by atoms with van der Waals surface area (Å²) in [6, 6.07) is 12.8. The molecule has 8 nitrogen and oxygen atoms in total. The van der Waals surface area contributed by atoms with Gasteiger partial charge in [-0.2, -0.15) is 0 Å². The van der Waals surface area contributed by atoms with Crippen molar-refractivity contribution in [3.8, 4) is 5.75 Å². The van der Waals surface area contributed by atoms with E-state index in [1.165, 1.54) is 6.07 Å². The van der Waals surface area contributed by atoms with Crippen molar-refractivity contribution < 1.29 is 18.3 Å². The number of nitrogens with zero attached hydrogens (tertiary/aromatic N) is 2. The van der Waals surface area contributed by atoms with Gasteiger partial charge < -0.3 is 25.8 Å². The molecule has 3 heterocycles. The van der Waals surface area contributed by atoms with Gasteiger partial charge in [0.05, 0.1) is 30.0 Å². The third-order valence-electron chi connectivity index (χ3n) is 6.06. The first-order valence-corrected chi connectivity index (χ1v) is 12.2. The minimum atomic E-state index is -3.60. The molecule has 1 fully saturated rings. The molecule has 1 saturated heterocycles. The van der Waals surface area contributed by atoms with E-state index in [1.807, 2.05) is 30.0 Å². The van der Waals surface area contributed by atoms with Crippen LogP contribution in [0.25, 0.3) is 10.9 Å². The predicted octanol–water partition coefficient (Wildman–Crippen LogP) is 2.18. The van der Waals surface area contributed by atoms with Gasteiger partial charge in [-0.15, -0.1) is 0 Å². The number of hydrogen-bond donors (Lipinski definition) is 3. The first-order valence-electron chi connectivity index (χ1n) is 10.5. The summed E-state index contributed by atoms with van der Waals surface area (Å²) in [6.07, 6.45) is 0. The molecule has 0 aliphatic carbocycles. The third-order valence-corrected chi connectivity index (χ3v) is 7.88. The topological polar surface area (TPSA) is 118 Å². The van der Waals surface area contributed by atoms with E-state index in [0.717, 1.165) is 22.2 Å². The zero-order chi connectivity index (χ0) is 22.5. The lowest BCUT2D eigenvalue weighted by Gasteiger charge is -2.38. The average Bonchev–Trinajstić information content (AvgIpc) is 2.87. The van der Waals surface area contributed by atoms with E-state index < -0.39 is 15.4 Å². The van der Waals surface area contributed by atoms with E-state index in [-0.39, 0.29) is 22.9 Å². The van der Waals surface area contributed by atoms with Gasteiger partial charge in [0.25, 0.3) is 0 Å². The smallest absolute Gasteiger partial charge is 0.184 e. The molecule has 3 aromatic rings. The summed E-state index contributed by atoms with van der Waals surface area (Å²) in [6.45, 7) is 4.23. The van der Waals surface area contributed by atoms with Crippen molar-refractivity contribution >= 4 is 32.2 Å². The Bertz CT molecular complexity index is 1300. The average molecular weight is 455 g/mol. The Hall–Kier alpha value is -2.88. The molecule has 1 aromatic heterocycles. The quantitative estimate of drug-likeness (QED) is 0.549. The Morgan fingerprint density at radius 2 is 2.06 bits per heavy atom. The van der Waals surface area contributed by atoms with Gasteiger partial charge in [-0.25, -0.2) is 13.4 Å². The largest absolute Gasteiger partial charge is 0.507 e. The Labute approximate surface area is 186 Å². The number of hydrogen-bond acceptors (Lipinski definition) is 8. The number of nitrogens with one attached hydrogen (secondary N) is 1. The second kappa shape index (κ2) is 7.61. The molecule has 0 bridgehead atoms. The molecule has 0 amide bonds. The third kappa shape index (κ3) is 3.76. The van der Waals surface area contributed by atoms with Crippen LogP contribution in [0.3, 0.4) is 0 Å². The minimum absolute atomic E-state index is 0.0207. The number of sulfone groups is 1. The Morgan fingerprint density at radius 3 is 2.81 bits per heavy atom. The van der Waals surface area contributed by atoms with E-state index in [1.54, 1.807) is 12.1 Å². The highest BCUT2D eigenvalue weighted by molar-refractivity contribution is 7.91. The molecule has 168 valence electrons. The summed E-state index contributed by atoms with van der Waals surface area (Å²) in [5.41, 5.74) is 9.32. The molecule has 32 heavy (non-hydrogen) atoms. The zero-order valence-electron chi connectivity index (χ0n) is 17.8. The molecule has 2 aromatic carbocycles.